The number of ether oxygens (including phenoxy) is 6. The zero-order valence-electron chi connectivity index (χ0n) is 31.3. The zero-order chi connectivity index (χ0) is 40.7. The molecule has 8 aromatic carbocycles. The van der Waals surface area contributed by atoms with Crippen LogP contribution in [0.4, 0.5) is 0 Å². The van der Waals surface area contributed by atoms with Gasteiger partial charge in [-0.05, 0) is 137 Å². The van der Waals surface area contributed by atoms with Crippen molar-refractivity contribution in [2.75, 3.05) is 0 Å². The van der Waals surface area contributed by atoms with Crippen LogP contribution in [0.3, 0.4) is 0 Å². The van der Waals surface area contributed by atoms with Gasteiger partial charge in [-0.3, -0.25) is 0 Å². The highest BCUT2D eigenvalue weighted by Gasteiger charge is 2.41. The molecule has 2 aliphatic rings. The van der Waals surface area contributed by atoms with Crippen molar-refractivity contribution in [3.8, 4) is 69.0 Å². The summed E-state index contributed by atoms with van der Waals surface area (Å²) in [6.07, 6.45) is 0. The number of hydrogen-bond acceptors (Lipinski definition) is 6. The van der Waals surface area contributed by atoms with Crippen LogP contribution in [-0.2, 0) is 0 Å². The van der Waals surface area contributed by atoms with Crippen molar-refractivity contribution in [1.29, 1.82) is 0 Å². The summed E-state index contributed by atoms with van der Waals surface area (Å²) in [5.41, 5.74) is 3.97. The van der Waals surface area contributed by atoms with E-state index in [4.69, 9.17) is 28.4 Å². The third-order valence-electron chi connectivity index (χ3n) is 10.3. The van der Waals surface area contributed by atoms with E-state index in [1.165, 1.54) is 0 Å². The summed E-state index contributed by atoms with van der Waals surface area (Å²) in [5, 5.41) is 0. The maximum Gasteiger partial charge on any atom is 0.141 e. The van der Waals surface area contributed by atoms with Crippen LogP contribution in [0.15, 0.2) is 188 Å². The fourth-order valence-corrected chi connectivity index (χ4v) is 9.06. The molecular formula is C50H30Br4O6. The fraction of sp³-hybridized carbons (Fsp3) is 0.0400. The Kier molecular flexibility index (Phi) is 10.6. The van der Waals surface area contributed by atoms with Gasteiger partial charge in [-0.2, -0.15) is 0 Å². The standard InChI is InChI=1S/C50H30Br4O6/c51-37-9-1-5-13-41(37)55-29-17-21-33-45(25-29)59-46-26-30(56-42-14-6-2-10-38(42)52)18-22-34(46)49(33)50-35-23-19-31(57-43-15-7-3-11-39(43)53)27-47(35)60-48-28-32(20-24-36(48)50)58-44-16-8-4-12-40(44)54/h1-28,49-50H. The third kappa shape index (κ3) is 7.69. The van der Waals surface area contributed by atoms with E-state index in [-0.39, 0.29) is 11.8 Å². The predicted molar refractivity (Wildman–Crippen MR) is 246 cm³/mol. The molecule has 6 nitrogen and oxygen atoms in total. The largest absolute Gasteiger partial charge is 0.456 e. The quantitative estimate of drug-likeness (QED) is 0.144. The molecule has 10 heteroatoms. The topological polar surface area (TPSA) is 55.4 Å². The summed E-state index contributed by atoms with van der Waals surface area (Å²) >= 11 is 14.5. The second-order valence-corrected chi connectivity index (χ2v) is 17.5. The molecule has 0 fully saturated rings. The summed E-state index contributed by atoms with van der Waals surface area (Å²) in [5.74, 6) is 7.57. The molecule has 0 N–H and O–H groups in total. The van der Waals surface area contributed by atoms with Gasteiger partial charge in [0.15, 0.2) is 0 Å². The van der Waals surface area contributed by atoms with Crippen LogP contribution in [-0.4, -0.2) is 0 Å². The number of fused-ring (bicyclic) bond motifs is 4. The molecule has 60 heavy (non-hydrogen) atoms. The molecule has 0 bridgehead atoms. The van der Waals surface area contributed by atoms with Gasteiger partial charge in [-0.1, -0.05) is 72.8 Å². The number of hydrogen-bond donors (Lipinski definition) is 0. The lowest BCUT2D eigenvalue weighted by molar-refractivity contribution is 0.400. The molecule has 2 heterocycles. The molecule has 2 aliphatic heterocycles. The zero-order valence-corrected chi connectivity index (χ0v) is 37.6. The number of rotatable bonds is 9. The number of para-hydroxylation sites is 4. The van der Waals surface area contributed by atoms with E-state index in [2.05, 4.69) is 88.0 Å². The van der Waals surface area contributed by atoms with E-state index in [0.29, 0.717) is 69.0 Å². The van der Waals surface area contributed by atoms with Crippen molar-refractivity contribution in [3.05, 3.63) is 210 Å². The highest BCUT2D eigenvalue weighted by molar-refractivity contribution is 9.11. The van der Waals surface area contributed by atoms with E-state index in [1.54, 1.807) is 0 Å². The molecule has 10 rings (SSSR count). The van der Waals surface area contributed by atoms with Crippen LogP contribution in [0.1, 0.15) is 34.1 Å². The molecule has 0 saturated heterocycles. The lowest BCUT2D eigenvalue weighted by Gasteiger charge is -2.38. The average molecular weight is 1050 g/mol. The Hall–Kier alpha value is -5.52. The van der Waals surface area contributed by atoms with E-state index < -0.39 is 0 Å². The Morgan fingerprint density at radius 3 is 0.767 bits per heavy atom. The van der Waals surface area contributed by atoms with Gasteiger partial charge in [0.05, 0.1) is 17.9 Å². The smallest absolute Gasteiger partial charge is 0.141 e. The lowest BCUT2D eigenvalue weighted by Crippen LogP contribution is -2.22. The first-order valence-corrected chi connectivity index (χ1v) is 22.1. The first-order chi connectivity index (χ1) is 29.3. The van der Waals surface area contributed by atoms with Crippen LogP contribution in [0.2, 0.25) is 0 Å². The summed E-state index contributed by atoms with van der Waals surface area (Å²) < 4.78 is 42.6. The van der Waals surface area contributed by atoms with Gasteiger partial charge in [0.1, 0.15) is 69.0 Å². The molecule has 0 saturated carbocycles. The molecule has 0 amide bonds. The van der Waals surface area contributed by atoms with Crippen molar-refractivity contribution in [2.24, 2.45) is 0 Å². The minimum Gasteiger partial charge on any atom is -0.456 e. The Bertz CT molecular complexity index is 2540. The molecule has 0 aromatic heterocycles. The van der Waals surface area contributed by atoms with Gasteiger partial charge in [0.2, 0.25) is 0 Å². The van der Waals surface area contributed by atoms with Crippen LogP contribution in [0.5, 0.6) is 69.0 Å². The fourth-order valence-electron chi connectivity index (χ4n) is 7.60. The highest BCUT2D eigenvalue weighted by Crippen LogP contribution is 2.59. The lowest BCUT2D eigenvalue weighted by atomic mass is 9.71. The SMILES string of the molecule is Brc1ccccc1Oc1ccc2c(c1)Oc1cc(Oc3ccccc3Br)ccc1C2C1c2ccc(Oc3ccccc3Br)cc2Oc2cc(Oc3ccccc3Br)ccc21. The molecule has 0 spiro atoms. The number of halogens is 4. The van der Waals surface area contributed by atoms with Crippen molar-refractivity contribution >= 4 is 63.7 Å². The molecule has 0 radical (unpaired) electrons. The molecule has 0 unspecified atom stereocenters. The van der Waals surface area contributed by atoms with Crippen LogP contribution >= 0.6 is 63.7 Å². The summed E-state index contributed by atoms with van der Waals surface area (Å²) in [6, 6.07) is 55.3. The first kappa shape index (κ1) is 38.7. The van der Waals surface area contributed by atoms with E-state index in [1.807, 2.05) is 146 Å². The Labute approximate surface area is 380 Å². The molecule has 8 aromatic rings. The Morgan fingerprint density at radius 2 is 0.533 bits per heavy atom. The maximum absolute atomic E-state index is 6.82. The minimum absolute atomic E-state index is 0.231. The van der Waals surface area contributed by atoms with Crippen LogP contribution < -0.4 is 28.4 Å². The second kappa shape index (κ2) is 16.5. The average Bonchev–Trinajstić information content (AvgIpc) is 3.25. The van der Waals surface area contributed by atoms with Crippen LogP contribution in [0, 0.1) is 0 Å². The summed E-state index contributed by atoms with van der Waals surface area (Å²) in [7, 11) is 0. The predicted octanol–water partition coefficient (Wildman–Crippen LogP) is 17.1. The molecule has 294 valence electrons. The van der Waals surface area contributed by atoms with Crippen molar-refractivity contribution in [2.45, 2.75) is 11.8 Å². The second-order valence-electron chi connectivity index (χ2n) is 14.1. The monoisotopic (exact) mass is 1040 g/mol. The van der Waals surface area contributed by atoms with Gasteiger partial charge in [0.25, 0.3) is 0 Å². The molecule has 0 atom stereocenters. The maximum atomic E-state index is 6.82. The highest BCUT2D eigenvalue weighted by atomic mass is 79.9. The van der Waals surface area contributed by atoms with Crippen molar-refractivity contribution < 1.29 is 28.4 Å². The summed E-state index contributed by atoms with van der Waals surface area (Å²) in [4.78, 5) is 0. The third-order valence-corrected chi connectivity index (χ3v) is 12.9. The van der Waals surface area contributed by atoms with Crippen molar-refractivity contribution in [1.82, 2.24) is 0 Å². The van der Waals surface area contributed by atoms with Gasteiger partial charge >= 0.3 is 0 Å². The van der Waals surface area contributed by atoms with E-state index in [9.17, 15) is 0 Å². The van der Waals surface area contributed by atoms with Crippen molar-refractivity contribution in [3.63, 3.8) is 0 Å². The van der Waals surface area contributed by atoms with Gasteiger partial charge in [-0.15, -0.1) is 0 Å². The normalized spacial score (nSPS) is 12.8. The van der Waals surface area contributed by atoms with Crippen LogP contribution in [0.25, 0.3) is 0 Å². The van der Waals surface area contributed by atoms with E-state index >= 15 is 0 Å². The molecular weight excluding hydrogens is 1020 g/mol. The van der Waals surface area contributed by atoms with E-state index in [0.717, 1.165) is 40.1 Å². The first-order valence-electron chi connectivity index (χ1n) is 19.0. The van der Waals surface area contributed by atoms with Gasteiger partial charge in [-0.25, -0.2) is 0 Å². The van der Waals surface area contributed by atoms with Gasteiger partial charge in [0, 0.05) is 58.4 Å². The minimum atomic E-state index is -0.231. The Balaban J connectivity index is 1.12. The van der Waals surface area contributed by atoms with Gasteiger partial charge < -0.3 is 28.4 Å². The molecule has 0 aliphatic carbocycles. The number of benzene rings is 8. The Morgan fingerprint density at radius 1 is 0.300 bits per heavy atom. The summed E-state index contributed by atoms with van der Waals surface area (Å²) in [6.45, 7) is 0.